The van der Waals surface area contributed by atoms with E-state index in [2.05, 4.69) is 20.1 Å². The summed E-state index contributed by atoms with van der Waals surface area (Å²) in [4.78, 5) is 27.1. The minimum Gasteiger partial charge on any atom is -0.367 e. The summed E-state index contributed by atoms with van der Waals surface area (Å²) in [5.41, 5.74) is 1.83. The second kappa shape index (κ2) is 7.48. The molecule has 24 heavy (non-hydrogen) atoms. The molecule has 2 aromatic rings. The summed E-state index contributed by atoms with van der Waals surface area (Å²) in [7, 11) is 0. The molecular weight excluding hydrogens is 308 g/mol. The molecule has 8 heteroatoms. The first-order valence-electron chi connectivity index (χ1n) is 8.16. The first kappa shape index (κ1) is 16.5. The van der Waals surface area contributed by atoms with E-state index in [1.165, 1.54) is 6.33 Å². The Morgan fingerprint density at radius 2 is 2.12 bits per heavy atom. The molecule has 3 heterocycles. The third-order valence-electron chi connectivity index (χ3n) is 3.95. The quantitative estimate of drug-likeness (QED) is 0.815. The standard InChI is InChI=1S/C16H22N6O2/c1-12-8-13(2)20-16(19-12)14-9-21(6-7-24-14)15(23)4-3-5-22-11-17-10-18-22/h8,10-11,14H,3-7,9H2,1-2H3/t14-/m0/s1. The molecule has 0 aliphatic carbocycles. The molecule has 3 rings (SSSR count). The van der Waals surface area contributed by atoms with Crippen LogP contribution >= 0.6 is 0 Å². The van der Waals surface area contributed by atoms with Crippen LogP contribution in [-0.2, 0) is 16.1 Å². The second-order valence-corrected chi connectivity index (χ2v) is 5.97. The lowest BCUT2D eigenvalue weighted by Crippen LogP contribution is -2.42. The fourth-order valence-electron chi connectivity index (χ4n) is 2.83. The van der Waals surface area contributed by atoms with Crippen molar-refractivity contribution in [2.75, 3.05) is 19.7 Å². The Morgan fingerprint density at radius 3 is 2.83 bits per heavy atom. The number of amides is 1. The highest BCUT2D eigenvalue weighted by Crippen LogP contribution is 2.20. The third kappa shape index (κ3) is 4.14. The van der Waals surface area contributed by atoms with Gasteiger partial charge in [-0.2, -0.15) is 5.10 Å². The Hall–Kier alpha value is -2.35. The van der Waals surface area contributed by atoms with Crippen LogP contribution in [0.2, 0.25) is 0 Å². The molecular formula is C16H22N6O2. The van der Waals surface area contributed by atoms with E-state index in [1.807, 2.05) is 24.8 Å². The molecule has 0 saturated carbocycles. The molecule has 1 amide bonds. The monoisotopic (exact) mass is 330 g/mol. The predicted octanol–water partition coefficient (Wildman–Crippen LogP) is 1.07. The first-order chi connectivity index (χ1) is 11.6. The van der Waals surface area contributed by atoms with Crippen molar-refractivity contribution in [3.8, 4) is 0 Å². The van der Waals surface area contributed by atoms with Gasteiger partial charge in [0.1, 0.15) is 18.8 Å². The number of morpholine rings is 1. The molecule has 0 bridgehead atoms. The van der Waals surface area contributed by atoms with Gasteiger partial charge >= 0.3 is 0 Å². The Morgan fingerprint density at radius 1 is 1.33 bits per heavy atom. The molecule has 1 aliphatic rings. The number of carbonyl (C=O) groups is 1. The second-order valence-electron chi connectivity index (χ2n) is 5.97. The zero-order chi connectivity index (χ0) is 16.9. The summed E-state index contributed by atoms with van der Waals surface area (Å²) in [5.74, 6) is 0.792. The lowest BCUT2D eigenvalue weighted by atomic mass is 10.2. The van der Waals surface area contributed by atoms with Crippen LogP contribution in [0.15, 0.2) is 18.7 Å². The van der Waals surface area contributed by atoms with Gasteiger partial charge in [0.2, 0.25) is 5.91 Å². The summed E-state index contributed by atoms with van der Waals surface area (Å²) in [6, 6.07) is 1.93. The van der Waals surface area contributed by atoms with Crippen molar-refractivity contribution in [2.45, 2.75) is 39.3 Å². The number of nitrogens with zero attached hydrogens (tertiary/aromatic N) is 6. The van der Waals surface area contributed by atoms with Gasteiger partial charge in [-0.3, -0.25) is 9.48 Å². The fourth-order valence-corrected chi connectivity index (χ4v) is 2.83. The maximum atomic E-state index is 12.4. The molecule has 0 radical (unpaired) electrons. The van der Waals surface area contributed by atoms with Crippen molar-refractivity contribution in [3.05, 3.63) is 35.9 Å². The molecule has 2 aromatic heterocycles. The van der Waals surface area contributed by atoms with E-state index in [9.17, 15) is 4.79 Å². The van der Waals surface area contributed by atoms with Crippen LogP contribution in [0.5, 0.6) is 0 Å². The Labute approximate surface area is 140 Å². The van der Waals surface area contributed by atoms with Gasteiger partial charge in [0, 0.05) is 30.9 Å². The van der Waals surface area contributed by atoms with Gasteiger partial charge in [0.15, 0.2) is 5.82 Å². The van der Waals surface area contributed by atoms with Crippen LogP contribution in [0.1, 0.15) is 36.2 Å². The Balaban J connectivity index is 1.55. The molecule has 0 N–H and O–H groups in total. The summed E-state index contributed by atoms with van der Waals surface area (Å²) in [6.07, 6.45) is 4.13. The van der Waals surface area contributed by atoms with E-state index in [4.69, 9.17) is 4.74 Å². The lowest BCUT2D eigenvalue weighted by Gasteiger charge is -2.32. The van der Waals surface area contributed by atoms with Crippen molar-refractivity contribution in [1.82, 2.24) is 29.6 Å². The Bertz CT molecular complexity index is 668. The molecule has 1 aliphatic heterocycles. The average Bonchev–Trinajstić information content (AvgIpc) is 3.07. The van der Waals surface area contributed by atoms with E-state index >= 15 is 0 Å². The number of rotatable bonds is 5. The number of hydrogen-bond donors (Lipinski definition) is 0. The van der Waals surface area contributed by atoms with Gasteiger partial charge in [0.05, 0.1) is 13.2 Å². The topological polar surface area (TPSA) is 86.0 Å². The fraction of sp³-hybridized carbons (Fsp3) is 0.562. The van der Waals surface area contributed by atoms with Crippen molar-refractivity contribution in [1.29, 1.82) is 0 Å². The molecule has 8 nitrogen and oxygen atoms in total. The first-order valence-corrected chi connectivity index (χ1v) is 8.16. The smallest absolute Gasteiger partial charge is 0.222 e. The molecule has 1 fully saturated rings. The van der Waals surface area contributed by atoms with Crippen LogP contribution in [0.4, 0.5) is 0 Å². The van der Waals surface area contributed by atoms with Gasteiger partial charge in [-0.1, -0.05) is 0 Å². The van der Waals surface area contributed by atoms with E-state index in [-0.39, 0.29) is 12.0 Å². The van der Waals surface area contributed by atoms with Crippen molar-refractivity contribution in [3.63, 3.8) is 0 Å². The lowest BCUT2D eigenvalue weighted by molar-refractivity contribution is -0.139. The summed E-state index contributed by atoms with van der Waals surface area (Å²) < 4.78 is 7.51. The maximum Gasteiger partial charge on any atom is 0.222 e. The highest BCUT2D eigenvalue weighted by molar-refractivity contribution is 5.76. The van der Waals surface area contributed by atoms with E-state index in [0.29, 0.717) is 38.5 Å². The predicted molar refractivity (Wildman–Crippen MR) is 86.0 cm³/mol. The number of carbonyl (C=O) groups excluding carboxylic acids is 1. The highest BCUT2D eigenvalue weighted by Gasteiger charge is 2.27. The normalized spacial score (nSPS) is 17.9. The van der Waals surface area contributed by atoms with Crippen LogP contribution in [0, 0.1) is 13.8 Å². The van der Waals surface area contributed by atoms with E-state index in [1.54, 1.807) is 11.0 Å². The van der Waals surface area contributed by atoms with Crippen LogP contribution in [0.3, 0.4) is 0 Å². The Kier molecular flexibility index (Phi) is 5.14. The van der Waals surface area contributed by atoms with Crippen molar-refractivity contribution >= 4 is 5.91 Å². The van der Waals surface area contributed by atoms with Crippen LogP contribution < -0.4 is 0 Å². The number of ether oxygens (including phenoxy) is 1. The molecule has 1 atom stereocenters. The zero-order valence-corrected chi connectivity index (χ0v) is 14.1. The number of aryl methyl sites for hydroxylation is 3. The molecule has 0 spiro atoms. The average molecular weight is 330 g/mol. The third-order valence-corrected chi connectivity index (χ3v) is 3.95. The SMILES string of the molecule is Cc1cc(C)nc([C@@H]2CN(C(=O)CCCn3cncn3)CCO2)n1. The molecule has 1 saturated heterocycles. The largest absolute Gasteiger partial charge is 0.367 e. The minimum atomic E-state index is -0.253. The molecule has 0 aromatic carbocycles. The van der Waals surface area contributed by atoms with E-state index in [0.717, 1.165) is 17.8 Å². The van der Waals surface area contributed by atoms with Gasteiger partial charge in [0.25, 0.3) is 0 Å². The van der Waals surface area contributed by atoms with Gasteiger partial charge in [-0.05, 0) is 26.3 Å². The number of hydrogen-bond acceptors (Lipinski definition) is 6. The summed E-state index contributed by atoms with van der Waals surface area (Å²) in [6.45, 7) is 6.20. The minimum absolute atomic E-state index is 0.132. The molecule has 0 unspecified atom stereocenters. The summed E-state index contributed by atoms with van der Waals surface area (Å²) in [5, 5.41) is 4.04. The van der Waals surface area contributed by atoms with Crippen LogP contribution in [0.25, 0.3) is 0 Å². The zero-order valence-electron chi connectivity index (χ0n) is 14.1. The van der Waals surface area contributed by atoms with Gasteiger partial charge in [-0.15, -0.1) is 0 Å². The van der Waals surface area contributed by atoms with Crippen molar-refractivity contribution < 1.29 is 9.53 Å². The number of aromatic nitrogens is 5. The van der Waals surface area contributed by atoms with E-state index < -0.39 is 0 Å². The van der Waals surface area contributed by atoms with Crippen LogP contribution in [-0.4, -0.2) is 55.2 Å². The summed E-state index contributed by atoms with van der Waals surface area (Å²) >= 11 is 0. The van der Waals surface area contributed by atoms with Crippen molar-refractivity contribution in [2.24, 2.45) is 0 Å². The maximum absolute atomic E-state index is 12.4. The highest BCUT2D eigenvalue weighted by atomic mass is 16.5. The molecule has 128 valence electrons. The van der Waals surface area contributed by atoms with Gasteiger partial charge < -0.3 is 9.64 Å². The van der Waals surface area contributed by atoms with Gasteiger partial charge in [-0.25, -0.2) is 15.0 Å².